The second kappa shape index (κ2) is 15.9. The van der Waals surface area contributed by atoms with E-state index in [0.717, 1.165) is 29.1 Å². The zero-order valence-electron chi connectivity index (χ0n) is 24.5. The van der Waals surface area contributed by atoms with Crippen LogP contribution in [0.5, 0.6) is 0 Å². The third-order valence-corrected chi connectivity index (χ3v) is 10.8. The number of aliphatic carboxylic acids is 3. The quantitative estimate of drug-likeness (QED) is 0.0937. The molecular formula is C25H24F3N7O10S4. The highest BCUT2D eigenvalue weighted by Crippen LogP contribution is 2.42. The van der Waals surface area contributed by atoms with E-state index in [4.69, 9.17) is 25.6 Å². The first-order valence-electron chi connectivity index (χ1n) is 13.6. The molecule has 2 aromatic rings. The number of β-lactam (4-membered cyclic amide) rings is 1. The van der Waals surface area contributed by atoms with Crippen molar-refractivity contribution < 1.29 is 62.1 Å². The summed E-state index contributed by atoms with van der Waals surface area (Å²) in [4.78, 5) is 86.8. The number of nitrogens with two attached hydrogens (primary N) is 1. The number of thioether (sulfide) groups is 2. The van der Waals surface area contributed by atoms with E-state index in [1.54, 1.807) is 10.4 Å². The molecule has 17 nitrogen and oxygen atoms in total. The lowest BCUT2D eigenvalue weighted by molar-refractivity contribution is -0.192. The number of nitrogen functional groups attached to an aromatic ring is 1. The van der Waals surface area contributed by atoms with Gasteiger partial charge in [0.15, 0.2) is 16.5 Å². The van der Waals surface area contributed by atoms with Crippen molar-refractivity contribution in [1.29, 1.82) is 0 Å². The van der Waals surface area contributed by atoms with Gasteiger partial charge in [0, 0.05) is 30.0 Å². The Morgan fingerprint density at radius 1 is 1.14 bits per heavy atom. The molecule has 5 rings (SSSR count). The van der Waals surface area contributed by atoms with Gasteiger partial charge in [0.1, 0.15) is 22.8 Å². The number of hydrogen-bond donors (Lipinski definition) is 5. The van der Waals surface area contributed by atoms with Gasteiger partial charge in [-0.2, -0.15) is 13.2 Å². The first kappa shape index (κ1) is 37.4. The standard InChI is InChI=1S/C23H23N7O8S4.C2HF3O2/c24-23-26-11(8-41-23)13(28-38-5-12(31)32)17(33)27-14-19(35)30-16(21(36)37)10(6-39-20(14)30)7-40-22-15(25-9-42-22)18(34)29-3-1-2-4-29;3-2(4,5)1(6)7/h8-9,14,20H,1-7H2,(H2,24,26)(H,27,33)(H,31,32)(H,36,37);(H,6,7)/b28-13-;/t14?,20-;/m0./s1. The molecule has 3 aliphatic rings. The van der Waals surface area contributed by atoms with Gasteiger partial charge >= 0.3 is 24.1 Å². The summed E-state index contributed by atoms with van der Waals surface area (Å²) in [5, 5.41) is 32.9. The van der Waals surface area contributed by atoms with E-state index in [9.17, 15) is 42.3 Å². The highest BCUT2D eigenvalue weighted by atomic mass is 32.2. The number of carboxylic acids is 3. The van der Waals surface area contributed by atoms with Crippen LogP contribution in [0.4, 0.5) is 18.3 Å². The van der Waals surface area contributed by atoms with E-state index in [1.807, 2.05) is 0 Å². The number of nitrogens with one attached hydrogen (secondary N) is 1. The van der Waals surface area contributed by atoms with Gasteiger partial charge in [-0.05, 0) is 18.4 Å². The van der Waals surface area contributed by atoms with Crippen LogP contribution in [0.3, 0.4) is 0 Å². The van der Waals surface area contributed by atoms with Crippen LogP contribution in [0.1, 0.15) is 29.0 Å². The Hall–Kier alpha value is -4.42. The SMILES string of the molecule is Nc1nc(/C(=N/OCC(=O)O)C(=O)NC2C(=O)N3C(C(=O)O)=C(CSc4scnc4C(=O)N4CCCC4)CS[C@@H]23)cs1.O=C(O)C(F)(F)F. The van der Waals surface area contributed by atoms with Gasteiger partial charge in [-0.25, -0.2) is 24.4 Å². The number of thiazole rings is 2. The molecule has 0 radical (unpaired) electrons. The minimum Gasteiger partial charge on any atom is -0.479 e. The van der Waals surface area contributed by atoms with Crippen LogP contribution in [0.25, 0.3) is 0 Å². The second-order valence-corrected chi connectivity index (χ2v) is 14.0. The lowest BCUT2D eigenvalue weighted by Gasteiger charge is -2.49. The van der Waals surface area contributed by atoms with E-state index in [0.29, 0.717) is 28.6 Å². The van der Waals surface area contributed by atoms with Gasteiger partial charge in [0.05, 0.1) is 9.72 Å². The van der Waals surface area contributed by atoms with Crippen molar-refractivity contribution in [2.24, 2.45) is 5.16 Å². The number of anilines is 1. The molecule has 0 aliphatic carbocycles. The molecule has 264 valence electrons. The number of fused-ring (bicyclic) bond motifs is 1. The summed E-state index contributed by atoms with van der Waals surface area (Å²) < 4.78 is 32.4. The molecule has 6 N–H and O–H groups in total. The summed E-state index contributed by atoms with van der Waals surface area (Å²) in [6.45, 7) is 0.554. The minimum absolute atomic E-state index is 0.0244. The molecule has 1 unspecified atom stereocenters. The highest BCUT2D eigenvalue weighted by Gasteiger charge is 2.54. The summed E-state index contributed by atoms with van der Waals surface area (Å²) in [6.07, 6.45) is -3.19. The number of oxime groups is 1. The van der Waals surface area contributed by atoms with Gasteiger partial charge in [-0.1, -0.05) is 5.16 Å². The molecule has 2 atom stereocenters. The monoisotopic (exact) mass is 767 g/mol. The van der Waals surface area contributed by atoms with Crippen molar-refractivity contribution in [3.8, 4) is 0 Å². The Labute approximate surface area is 289 Å². The number of rotatable bonds is 11. The van der Waals surface area contributed by atoms with E-state index in [2.05, 4.69) is 20.4 Å². The number of amides is 3. The Kier molecular flexibility index (Phi) is 12.1. The van der Waals surface area contributed by atoms with E-state index in [1.165, 1.54) is 40.2 Å². The summed E-state index contributed by atoms with van der Waals surface area (Å²) in [5.74, 6) is -6.50. The number of halogens is 3. The van der Waals surface area contributed by atoms with Gasteiger partial charge in [0.2, 0.25) is 6.61 Å². The number of carboxylic acid groups (broad SMARTS) is 3. The van der Waals surface area contributed by atoms with Crippen molar-refractivity contribution in [2.45, 2.75) is 34.6 Å². The fourth-order valence-electron chi connectivity index (χ4n) is 4.46. The van der Waals surface area contributed by atoms with Gasteiger partial charge in [-0.15, -0.1) is 46.2 Å². The number of aromatic nitrogens is 2. The van der Waals surface area contributed by atoms with Crippen molar-refractivity contribution in [3.05, 3.63) is 33.5 Å². The van der Waals surface area contributed by atoms with Crippen LogP contribution in [-0.2, 0) is 28.8 Å². The fourth-order valence-corrected chi connectivity index (χ4v) is 8.39. The van der Waals surface area contributed by atoms with Crippen LogP contribution in [0.2, 0.25) is 0 Å². The maximum absolute atomic E-state index is 13.1. The largest absolute Gasteiger partial charge is 0.490 e. The Morgan fingerprint density at radius 3 is 2.39 bits per heavy atom. The van der Waals surface area contributed by atoms with Crippen molar-refractivity contribution >= 4 is 92.7 Å². The number of carbonyl (C=O) groups is 6. The number of likely N-dealkylation sites (tertiary alicyclic amines) is 1. The lowest BCUT2D eigenvalue weighted by atomic mass is 10.0. The molecule has 49 heavy (non-hydrogen) atoms. The van der Waals surface area contributed by atoms with Gasteiger partial charge < -0.3 is 36.1 Å². The van der Waals surface area contributed by atoms with E-state index in [-0.39, 0.29) is 39.6 Å². The highest BCUT2D eigenvalue weighted by molar-refractivity contribution is 8.02. The summed E-state index contributed by atoms with van der Waals surface area (Å²) in [7, 11) is 0. The minimum atomic E-state index is -5.08. The molecule has 0 saturated carbocycles. The fraction of sp³-hybridized carbons (Fsp3) is 0.400. The van der Waals surface area contributed by atoms with E-state index >= 15 is 0 Å². The van der Waals surface area contributed by atoms with Crippen LogP contribution in [0.15, 0.2) is 31.5 Å². The van der Waals surface area contributed by atoms with Crippen molar-refractivity contribution in [3.63, 3.8) is 0 Å². The smallest absolute Gasteiger partial charge is 0.479 e. The Morgan fingerprint density at radius 2 is 1.82 bits per heavy atom. The molecule has 2 fully saturated rings. The molecule has 5 heterocycles. The normalized spacial score (nSPS) is 19.0. The predicted octanol–water partition coefficient (Wildman–Crippen LogP) is 1.39. The van der Waals surface area contributed by atoms with Crippen LogP contribution in [-0.4, -0.2) is 125 Å². The molecule has 0 spiro atoms. The molecule has 2 aromatic heterocycles. The predicted molar refractivity (Wildman–Crippen MR) is 168 cm³/mol. The zero-order valence-corrected chi connectivity index (χ0v) is 27.8. The average molecular weight is 768 g/mol. The van der Waals surface area contributed by atoms with Crippen molar-refractivity contribution in [2.75, 3.05) is 36.9 Å². The van der Waals surface area contributed by atoms with Gasteiger partial charge in [0.25, 0.3) is 17.7 Å². The molecule has 3 aliphatic heterocycles. The summed E-state index contributed by atoms with van der Waals surface area (Å²) in [5.41, 5.74) is 7.55. The second-order valence-electron chi connectivity index (χ2n) is 9.88. The number of nitrogens with zero attached hydrogens (tertiary/aromatic N) is 5. The van der Waals surface area contributed by atoms with Crippen LogP contribution < -0.4 is 11.1 Å². The Bertz CT molecular complexity index is 1710. The maximum Gasteiger partial charge on any atom is 0.490 e. The molecule has 0 bridgehead atoms. The van der Waals surface area contributed by atoms with Gasteiger partial charge in [-0.3, -0.25) is 19.3 Å². The number of hydrogen-bond acceptors (Lipinski definition) is 15. The first-order chi connectivity index (χ1) is 23.1. The maximum atomic E-state index is 13.1. The topological polar surface area (TPSA) is 255 Å². The third kappa shape index (κ3) is 8.98. The first-order valence-corrected chi connectivity index (χ1v) is 17.4. The van der Waals surface area contributed by atoms with Crippen LogP contribution in [0, 0.1) is 0 Å². The Balaban J connectivity index is 0.000000698. The third-order valence-electron chi connectivity index (χ3n) is 6.61. The van der Waals surface area contributed by atoms with E-state index < -0.39 is 53.9 Å². The lowest BCUT2D eigenvalue weighted by Crippen LogP contribution is -2.71. The molecule has 3 amide bonds. The summed E-state index contributed by atoms with van der Waals surface area (Å²) >= 11 is 4.90. The zero-order chi connectivity index (χ0) is 36.0. The van der Waals surface area contributed by atoms with Crippen LogP contribution >= 0.6 is 46.2 Å². The number of alkyl halides is 3. The molecule has 0 aromatic carbocycles. The van der Waals surface area contributed by atoms with Crippen molar-refractivity contribution in [1.82, 2.24) is 25.1 Å². The summed E-state index contributed by atoms with van der Waals surface area (Å²) in [6, 6.07) is -1.07. The molecule has 2 saturated heterocycles. The average Bonchev–Trinajstić information content (AvgIpc) is 3.82. The number of carbonyl (C=O) groups excluding carboxylic acids is 3. The molecular weight excluding hydrogens is 744 g/mol. The molecule has 24 heteroatoms.